The molecule has 0 saturated carbocycles. The number of nitrogens with zero attached hydrogens (tertiary/aromatic N) is 1. The summed E-state index contributed by atoms with van der Waals surface area (Å²) in [6.45, 7) is 1.86. The highest BCUT2D eigenvalue weighted by atomic mass is 14.9. The molecule has 1 rings (SSSR count). The van der Waals surface area contributed by atoms with Gasteiger partial charge in [-0.05, 0) is 19.1 Å². The number of hydrogen-bond donors (Lipinski definition) is 1. The standard InChI is InChI=1S/C10H10N2/c1-9(7-8-11)12-10-5-3-2-4-6-10/h2-7,12H,1H3/b9-7+. The molecule has 0 spiro atoms. The van der Waals surface area contributed by atoms with E-state index >= 15 is 0 Å². The topological polar surface area (TPSA) is 35.8 Å². The second-order valence-electron chi connectivity index (χ2n) is 2.45. The molecule has 2 heteroatoms. The first-order valence-electron chi connectivity index (χ1n) is 3.71. The number of hydrogen-bond acceptors (Lipinski definition) is 2. The van der Waals surface area contributed by atoms with Gasteiger partial charge in [-0.3, -0.25) is 0 Å². The Morgan fingerprint density at radius 2 is 2.08 bits per heavy atom. The van der Waals surface area contributed by atoms with Gasteiger partial charge in [0.2, 0.25) is 0 Å². The quantitative estimate of drug-likeness (QED) is 0.671. The van der Waals surface area contributed by atoms with E-state index in [9.17, 15) is 0 Å². The van der Waals surface area contributed by atoms with Crippen LogP contribution in [0, 0.1) is 11.3 Å². The van der Waals surface area contributed by atoms with Crippen LogP contribution in [0.5, 0.6) is 0 Å². The normalized spacial score (nSPS) is 10.5. The van der Waals surface area contributed by atoms with Crippen molar-refractivity contribution in [1.29, 1.82) is 5.26 Å². The zero-order chi connectivity index (χ0) is 8.81. The summed E-state index contributed by atoms with van der Waals surface area (Å²) in [5.74, 6) is 0. The van der Waals surface area contributed by atoms with Gasteiger partial charge >= 0.3 is 0 Å². The Hall–Kier alpha value is -1.75. The fourth-order valence-corrected chi connectivity index (χ4v) is 0.882. The number of para-hydroxylation sites is 1. The Morgan fingerprint density at radius 3 is 2.67 bits per heavy atom. The maximum Gasteiger partial charge on any atom is 0.0930 e. The smallest absolute Gasteiger partial charge is 0.0930 e. The first-order chi connectivity index (χ1) is 5.83. The third-order valence-corrected chi connectivity index (χ3v) is 1.40. The summed E-state index contributed by atoms with van der Waals surface area (Å²) in [6.07, 6.45) is 1.48. The van der Waals surface area contributed by atoms with Crippen molar-refractivity contribution in [3.05, 3.63) is 42.1 Å². The molecule has 0 fully saturated rings. The van der Waals surface area contributed by atoms with E-state index in [1.54, 1.807) is 0 Å². The minimum atomic E-state index is 0.851. The van der Waals surface area contributed by atoms with Crippen LogP contribution >= 0.6 is 0 Å². The molecule has 0 aliphatic carbocycles. The summed E-state index contributed by atoms with van der Waals surface area (Å²) in [5.41, 5.74) is 1.85. The Morgan fingerprint density at radius 1 is 1.42 bits per heavy atom. The van der Waals surface area contributed by atoms with Crippen LogP contribution in [0.3, 0.4) is 0 Å². The van der Waals surface area contributed by atoms with Crippen LogP contribution in [-0.4, -0.2) is 0 Å². The lowest BCUT2D eigenvalue weighted by Gasteiger charge is -2.03. The van der Waals surface area contributed by atoms with Crippen LogP contribution in [0.4, 0.5) is 5.69 Å². The monoisotopic (exact) mass is 158 g/mol. The average Bonchev–Trinajstić information content (AvgIpc) is 2.06. The molecule has 12 heavy (non-hydrogen) atoms. The van der Waals surface area contributed by atoms with Crippen LogP contribution in [0.2, 0.25) is 0 Å². The van der Waals surface area contributed by atoms with E-state index in [0.717, 1.165) is 11.4 Å². The van der Waals surface area contributed by atoms with Crippen molar-refractivity contribution >= 4 is 5.69 Å². The van der Waals surface area contributed by atoms with Crippen LogP contribution < -0.4 is 5.32 Å². The van der Waals surface area contributed by atoms with Gasteiger partial charge in [0.1, 0.15) is 0 Å². The van der Waals surface area contributed by atoms with Crippen LogP contribution in [0.1, 0.15) is 6.92 Å². The largest absolute Gasteiger partial charge is 0.359 e. The maximum atomic E-state index is 8.35. The summed E-state index contributed by atoms with van der Waals surface area (Å²) < 4.78 is 0. The minimum absolute atomic E-state index is 0.851. The van der Waals surface area contributed by atoms with E-state index in [0.29, 0.717) is 0 Å². The molecule has 60 valence electrons. The van der Waals surface area contributed by atoms with E-state index < -0.39 is 0 Å². The molecule has 0 amide bonds. The highest BCUT2D eigenvalue weighted by molar-refractivity contribution is 5.47. The molecule has 0 aliphatic heterocycles. The third kappa shape index (κ3) is 2.47. The molecular formula is C10H10N2. The number of benzene rings is 1. The Labute approximate surface area is 72.1 Å². The molecule has 2 nitrogen and oxygen atoms in total. The van der Waals surface area contributed by atoms with Crippen molar-refractivity contribution in [2.45, 2.75) is 6.92 Å². The van der Waals surface area contributed by atoms with Crippen molar-refractivity contribution in [3.63, 3.8) is 0 Å². The number of anilines is 1. The second-order valence-corrected chi connectivity index (χ2v) is 2.45. The maximum absolute atomic E-state index is 8.35. The zero-order valence-corrected chi connectivity index (χ0v) is 6.91. The summed E-state index contributed by atoms with van der Waals surface area (Å²) >= 11 is 0. The number of rotatable bonds is 2. The van der Waals surface area contributed by atoms with Gasteiger partial charge in [-0.25, -0.2) is 0 Å². The SMILES string of the molecule is C/C(=C\C#N)Nc1ccccc1. The Balaban J connectivity index is 2.66. The molecule has 0 heterocycles. The first-order valence-corrected chi connectivity index (χ1v) is 3.71. The summed E-state index contributed by atoms with van der Waals surface area (Å²) in [5, 5.41) is 11.4. The van der Waals surface area contributed by atoms with E-state index in [2.05, 4.69) is 5.32 Å². The van der Waals surface area contributed by atoms with Gasteiger partial charge in [-0.2, -0.15) is 5.26 Å². The second kappa shape index (κ2) is 4.20. The van der Waals surface area contributed by atoms with Gasteiger partial charge in [-0.1, -0.05) is 18.2 Å². The first kappa shape index (κ1) is 8.35. The lowest BCUT2D eigenvalue weighted by Crippen LogP contribution is -1.93. The zero-order valence-electron chi connectivity index (χ0n) is 6.91. The predicted octanol–water partition coefficient (Wildman–Crippen LogP) is 2.53. The van der Waals surface area contributed by atoms with E-state index in [4.69, 9.17) is 5.26 Å². The number of nitrogens with one attached hydrogen (secondary N) is 1. The van der Waals surface area contributed by atoms with Crippen molar-refractivity contribution < 1.29 is 0 Å². The fraction of sp³-hybridized carbons (Fsp3) is 0.100. The molecule has 1 N–H and O–H groups in total. The Kier molecular flexibility index (Phi) is 2.92. The van der Waals surface area contributed by atoms with E-state index in [-0.39, 0.29) is 0 Å². The van der Waals surface area contributed by atoms with E-state index in [1.165, 1.54) is 6.08 Å². The highest BCUT2D eigenvalue weighted by Gasteiger charge is 1.88. The van der Waals surface area contributed by atoms with E-state index in [1.807, 2.05) is 43.3 Å². The van der Waals surface area contributed by atoms with Crippen molar-refractivity contribution in [2.24, 2.45) is 0 Å². The van der Waals surface area contributed by atoms with Crippen molar-refractivity contribution in [2.75, 3.05) is 5.32 Å². The molecule has 0 atom stereocenters. The van der Waals surface area contributed by atoms with Gasteiger partial charge in [0.05, 0.1) is 6.07 Å². The average molecular weight is 158 g/mol. The molecule has 1 aromatic carbocycles. The van der Waals surface area contributed by atoms with Crippen molar-refractivity contribution in [1.82, 2.24) is 0 Å². The van der Waals surface area contributed by atoms with Crippen LogP contribution in [0.25, 0.3) is 0 Å². The number of allylic oxidation sites excluding steroid dienone is 2. The third-order valence-electron chi connectivity index (χ3n) is 1.40. The molecule has 0 radical (unpaired) electrons. The summed E-state index contributed by atoms with van der Waals surface area (Å²) in [7, 11) is 0. The molecule has 0 aromatic heterocycles. The lowest BCUT2D eigenvalue weighted by molar-refractivity contribution is 1.37. The molecule has 0 bridgehead atoms. The van der Waals surface area contributed by atoms with Crippen LogP contribution in [-0.2, 0) is 0 Å². The van der Waals surface area contributed by atoms with Crippen molar-refractivity contribution in [3.8, 4) is 6.07 Å². The summed E-state index contributed by atoms with van der Waals surface area (Å²) in [4.78, 5) is 0. The van der Waals surface area contributed by atoms with Gasteiger partial charge in [0.15, 0.2) is 0 Å². The molecular weight excluding hydrogens is 148 g/mol. The predicted molar refractivity (Wildman–Crippen MR) is 49.4 cm³/mol. The summed E-state index contributed by atoms with van der Waals surface area (Å²) in [6, 6.07) is 11.7. The van der Waals surface area contributed by atoms with Gasteiger partial charge in [0.25, 0.3) is 0 Å². The fourth-order valence-electron chi connectivity index (χ4n) is 0.882. The van der Waals surface area contributed by atoms with Crippen LogP contribution in [0.15, 0.2) is 42.1 Å². The van der Waals surface area contributed by atoms with Gasteiger partial charge in [-0.15, -0.1) is 0 Å². The number of nitriles is 1. The molecule has 0 saturated heterocycles. The lowest BCUT2D eigenvalue weighted by atomic mass is 10.3. The molecule has 0 unspecified atom stereocenters. The Bertz CT molecular complexity index is 306. The van der Waals surface area contributed by atoms with Gasteiger partial charge in [0, 0.05) is 17.5 Å². The van der Waals surface area contributed by atoms with Gasteiger partial charge < -0.3 is 5.32 Å². The molecule has 0 aliphatic rings. The molecule has 1 aromatic rings. The highest BCUT2D eigenvalue weighted by Crippen LogP contribution is 2.07. The minimum Gasteiger partial charge on any atom is -0.359 e.